The molecule has 1 saturated carbocycles. The van der Waals surface area contributed by atoms with Gasteiger partial charge in [-0.2, -0.15) is 0 Å². The van der Waals surface area contributed by atoms with Crippen LogP contribution in [0.1, 0.15) is 48.0 Å². The van der Waals surface area contributed by atoms with Crippen molar-refractivity contribution in [2.75, 3.05) is 13.7 Å². The van der Waals surface area contributed by atoms with Crippen LogP contribution in [0.2, 0.25) is 0 Å². The fourth-order valence-electron chi connectivity index (χ4n) is 2.55. The van der Waals surface area contributed by atoms with E-state index in [1.165, 1.54) is 39.2 Å². The van der Waals surface area contributed by atoms with Crippen LogP contribution in [-0.2, 0) is 16.1 Å². The summed E-state index contributed by atoms with van der Waals surface area (Å²) in [7, 11) is 1.39. The molecule has 0 heterocycles. The maximum Gasteiger partial charge on any atom is 0.337 e. The van der Waals surface area contributed by atoms with E-state index in [-0.39, 0.29) is 5.97 Å². The zero-order valence-corrected chi connectivity index (χ0v) is 11.6. The number of ether oxygens (including phenoxy) is 2. The highest BCUT2D eigenvalue weighted by Gasteiger charge is 2.13. The second-order valence-electron chi connectivity index (χ2n) is 5.21. The predicted molar refractivity (Wildman–Crippen MR) is 74.0 cm³/mol. The van der Waals surface area contributed by atoms with E-state index in [9.17, 15) is 4.79 Å². The predicted octanol–water partition coefficient (Wildman–Crippen LogP) is 3.57. The van der Waals surface area contributed by atoms with Gasteiger partial charge >= 0.3 is 5.97 Å². The average Bonchev–Trinajstić information content (AvgIpc) is 2.48. The van der Waals surface area contributed by atoms with E-state index in [1.807, 2.05) is 12.1 Å². The van der Waals surface area contributed by atoms with Crippen LogP contribution in [0.15, 0.2) is 24.3 Å². The highest BCUT2D eigenvalue weighted by Crippen LogP contribution is 2.23. The molecule has 3 heteroatoms. The Morgan fingerprint density at radius 2 is 1.84 bits per heavy atom. The molecule has 0 saturated heterocycles. The van der Waals surface area contributed by atoms with Crippen molar-refractivity contribution in [3.05, 3.63) is 35.4 Å². The highest BCUT2D eigenvalue weighted by atomic mass is 16.5. The molecule has 0 N–H and O–H groups in total. The van der Waals surface area contributed by atoms with Crippen molar-refractivity contribution in [1.29, 1.82) is 0 Å². The van der Waals surface area contributed by atoms with Crippen LogP contribution in [0.25, 0.3) is 0 Å². The van der Waals surface area contributed by atoms with E-state index in [2.05, 4.69) is 4.74 Å². The number of carbonyl (C=O) groups excluding carboxylic acids is 1. The molecule has 0 aromatic heterocycles. The average molecular weight is 262 g/mol. The van der Waals surface area contributed by atoms with Crippen LogP contribution in [0.5, 0.6) is 0 Å². The van der Waals surface area contributed by atoms with Gasteiger partial charge in [0.2, 0.25) is 0 Å². The van der Waals surface area contributed by atoms with Crippen molar-refractivity contribution in [3.8, 4) is 0 Å². The van der Waals surface area contributed by atoms with Crippen molar-refractivity contribution >= 4 is 5.97 Å². The molecular weight excluding hydrogens is 240 g/mol. The SMILES string of the molecule is COC(=O)c1ccc(COCC2CCCCC2)cc1. The molecule has 2 rings (SSSR count). The van der Waals surface area contributed by atoms with Gasteiger partial charge in [-0.3, -0.25) is 0 Å². The normalized spacial score (nSPS) is 16.3. The van der Waals surface area contributed by atoms with Crippen LogP contribution in [-0.4, -0.2) is 19.7 Å². The summed E-state index contributed by atoms with van der Waals surface area (Å²) in [4.78, 5) is 11.3. The lowest BCUT2D eigenvalue weighted by Crippen LogP contribution is -2.13. The Morgan fingerprint density at radius 1 is 1.16 bits per heavy atom. The molecule has 3 nitrogen and oxygen atoms in total. The number of hydrogen-bond acceptors (Lipinski definition) is 3. The van der Waals surface area contributed by atoms with Crippen molar-refractivity contribution in [1.82, 2.24) is 0 Å². The Bertz CT molecular complexity index is 391. The molecule has 1 aromatic rings. The fraction of sp³-hybridized carbons (Fsp3) is 0.562. The first-order valence-electron chi connectivity index (χ1n) is 7.04. The third-order valence-corrected chi connectivity index (χ3v) is 3.72. The first kappa shape index (κ1) is 14.1. The van der Waals surface area contributed by atoms with Gasteiger partial charge in [0.05, 0.1) is 19.3 Å². The molecule has 1 fully saturated rings. The maximum absolute atomic E-state index is 11.3. The van der Waals surface area contributed by atoms with Gasteiger partial charge < -0.3 is 9.47 Å². The zero-order valence-electron chi connectivity index (χ0n) is 11.6. The summed E-state index contributed by atoms with van der Waals surface area (Å²) in [5.41, 5.74) is 1.68. The molecule has 1 aliphatic rings. The highest BCUT2D eigenvalue weighted by molar-refractivity contribution is 5.89. The van der Waals surface area contributed by atoms with Gasteiger partial charge in [-0.05, 0) is 36.5 Å². The lowest BCUT2D eigenvalue weighted by molar-refractivity contribution is 0.0600. The summed E-state index contributed by atoms with van der Waals surface area (Å²) in [6, 6.07) is 7.41. The van der Waals surface area contributed by atoms with Crippen molar-refractivity contribution in [3.63, 3.8) is 0 Å². The monoisotopic (exact) mass is 262 g/mol. The molecule has 1 aliphatic carbocycles. The molecule has 19 heavy (non-hydrogen) atoms. The minimum Gasteiger partial charge on any atom is -0.465 e. The third kappa shape index (κ3) is 4.35. The minimum atomic E-state index is -0.297. The number of esters is 1. The van der Waals surface area contributed by atoms with Crippen molar-refractivity contribution in [2.45, 2.75) is 38.7 Å². The quantitative estimate of drug-likeness (QED) is 0.761. The molecule has 0 unspecified atom stereocenters. The van der Waals surface area contributed by atoms with Crippen LogP contribution >= 0.6 is 0 Å². The molecule has 104 valence electrons. The summed E-state index contributed by atoms with van der Waals surface area (Å²) in [6.07, 6.45) is 6.69. The van der Waals surface area contributed by atoms with Gasteiger partial charge in [-0.1, -0.05) is 31.4 Å². The van der Waals surface area contributed by atoms with Gasteiger partial charge in [0.15, 0.2) is 0 Å². The van der Waals surface area contributed by atoms with Crippen LogP contribution in [0, 0.1) is 5.92 Å². The van der Waals surface area contributed by atoms with Crippen LogP contribution in [0.4, 0.5) is 0 Å². The first-order valence-corrected chi connectivity index (χ1v) is 7.04. The Hall–Kier alpha value is -1.35. The Labute approximate surface area is 114 Å². The summed E-state index contributed by atoms with van der Waals surface area (Å²) in [5, 5.41) is 0. The summed E-state index contributed by atoms with van der Waals surface area (Å²) < 4.78 is 10.4. The molecule has 0 bridgehead atoms. The van der Waals surface area contributed by atoms with E-state index in [0.29, 0.717) is 12.2 Å². The van der Waals surface area contributed by atoms with E-state index >= 15 is 0 Å². The number of rotatable bonds is 5. The number of hydrogen-bond donors (Lipinski definition) is 0. The van der Waals surface area contributed by atoms with Gasteiger partial charge in [-0.25, -0.2) is 4.79 Å². The number of methoxy groups -OCH3 is 1. The second kappa shape index (κ2) is 7.29. The molecule has 0 radical (unpaired) electrons. The van der Waals surface area contributed by atoms with E-state index < -0.39 is 0 Å². The molecule has 1 aromatic carbocycles. The van der Waals surface area contributed by atoms with Crippen LogP contribution < -0.4 is 0 Å². The standard InChI is InChI=1S/C16H22O3/c1-18-16(17)15-9-7-14(8-10-15)12-19-11-13-5-3-2-4-6-13/h7-10,13H,2-6,11-12H2,1H3. The molecule has 0 spiro atoms. The lowest BCUT2D eigenvalue weighted by atomic mass is 9.90. The largest absolute Gasteiger partial charge is 0.465 e. The molecule has 0 aliphatic heterocycles. The number of benzene rings is 1. The van der Waals surface area contributed by atoms with Crippen LogP contribution in [0.3, 0.4) is 0 Å². The van der Waals surface area contributed by atoms with Gasteiger partial charge in [-0.15, -0.1) is 0 Å². The lowest BCUT2D eigenvalue weighted by Gasteiger charge is -2.21. The maximum atomic E-state index is 11.3. The Morgan fingerprint density at radius 3 is 2.47 bits per heavy atom. The summed E-state index contributed by atoms with van der Waals surface area (Å²) in [6.45, 7) is 1.48. The second-order valence-corrected chi connectivity index (χ2v) is 5.21. The fourth-order valence-corrected chi connectivity index (χ4v) is 2.55. The Balaban J connectivity index is 1.75. The first-order chi connectivity index (χ1) is 9.29. The smallest absolute Gasteiger partial charge is 0.337 e. The molecule has 0 atom stereocenters. The topological polar surface area (TPSA) is 35.5 Å². The molecule has 0 amide bonds. The number of carbonyl (C=O) groups is 1. The van der Waals surface area contributed by atoms with Gasteiger partial charge in [0.25, 0.3) is 0 Å². The minimum absolute atomic E-state index is 0.297. The van der Waals surface area contributed by atoms with Crippen molar-refractivity contribution in [2.24, 2.45) is 5.92 Å². The zero-order chi connectivity index (χ0) is 13.5. The van der Waals surface area contributed by atoms with E-state index in [1.54, 1.807) is 12.1 Å². The van der Waals surface area contributed by atoms with Gasteiger partial charge in [0.1, 0.15) is 0 Å². The summed E-state index contributed by atoms with van der Waals surface area (Å²) in [5.74, 6) is 0.442. The Kier molecular flexibility index (Phi) is 5.40. The van der Waals surface area contributed by atoms with E-state index in [0.717, 1.165) is 18.1 Å². The molecular formula is C16H22O3. The summed E-state index contributed by atoms with van der Waals surface area (Å²) >= 11 is 0. The van der Waals surface area contributed by atoms with Crippen molar-refractivity contribution < 1.29 is 14.3 Å². The third-order valence-electron chi connectivity index (χ3n) is 3.72. The van der Waals surface area contributed by atoms with Gasteiger partial charge in [0, 0.05) is 6.61 Å². The van der Waals surface area contributed by atoms with E-state index in [4.69, 9.17) is 4.74 Å².